The first-order chi connectivity index (χ1) is 9.60. The van der Waals surface area contributed by atoms with Gasteiger partial charge >= 0.3 is 0 Å². The van der Waals surface area contributed by atoms with E-state index >= 15 is 0 Å². The molecule has 0 amide bonds. The topological polar surface area (TPSA) is 21.3 Å². The molecular formula is C17H20ClNO. The van der Waals surface area contributed by atoms with E-state index < -0.39 is 0 Å². The lowest BCUT2D eigenvalue weighted by molar-refractivity contribution is 0.411. The monoisotopic (exact) mass is 289 g/mol. The summed E-state index contributed by atoms with van der Waals surface area (Å²) in [5.74, 6) is 0.930. The lowest BCUT2D eigenvalue weighted by atomic mass is 10.1. The van der Waals surface area contributed by atoms with Crippen molar-refractivity contribution in [1.82, 2.24) is 5.32 Å². The Morgan fingerprint density at radius 2 is 1.85 bits per heavy atom. The van der Waals surface area contributed by atoms with Crippen molar-refractivity contribution in [2.45, 2.75) is 26.4 Å². The van der Waals surface area contributed by atoms with Crippen LogP contribution < -0.4 is 10.1 Å². The van der Waals surface area contributed by atoms with Crippen molar-refractivity contribution in [3.63, 3.8) is 0 Å². The van der Waals surface area contributed by atoms with E-state index in [2.05, 4.69) is 43.4 Å². The Labute approximate surface area is 125 Å². The third-order valence-electron chi connectivity index (χ3n) is 3.44. The number of rotatable bonds is 5. The van der Waals surface area contributed by atoms with E-state index in [-0.39, 0.29) is 6.04 Å². The molecule has 0 bridgehead atoms. The Kier molecular flexibility index (Phi) is 5.05. The fourth-order valence-corrected chi connectivity index (χ4v) is 2.32. The van der Waals surface area contributed by atoms with Gasteiger partial charge in [0.15, 0.2) is 0 Å². The SMILES string of the molecule is COc1ccc(CNC(C)c2ccc(Cl)cc2)cc1C. The first-order valence-electron chi connectivity index (χ1n) is 6.72. The zero-order chi connectivity index (χ0) is 14.5. The Morgan fingerprint density at radius 3 is 2.45 bits per heavy atom. The van der Waals surface area contributed by atoms with Crippen LogP contribution in [0.5, 0.6) is 5.75 Å². The maximum absolute atomic E-state index is 5.90. The largest absolute Gasteiger partial charge is 0.496 e. The van der Waals surface area contributed by atoms with Crippen molar-refractivity contribution >= 4 is 11.6 Å². The number of hydrogen-bond acceptors (Lipinski definition) is 2. The standard InChI is InChI=1S/C17H20ClNO/c1-12-10-14(4-9-17(12)20-3)11-19-13(2)15-5-7-16(18)8-6-15/h4-10,13,19H,11H2,1-3H3. The average Bonchev–Trinajstić information content (AvgIpc) is 2.45. The highest BCUT2D eigenvalue weighted by Crippen LogP contribution is 2.20. The zero-order valence-electron chi connectivity index (χ0n) is 12.1. The van der Waals surface area contributed by atoms with Crippen molar-refractivity contribution in [2.24, 2.45) is 0 Å². The predicted octanol–water partition coefficient (Wildman–Crippen LogP) is 4.51. The molecule has 0 aliphatic heterocycles. The Hall–Kier alpha value is -1.51. The minimum absolute atomic E-state index is 0.287. The number of hydrogen-bond donors (Lipinski definition) is 1. The van der Waals surface area contributed by atoms with Gasteiger partial charge in [-0.1, -0.05) is 35.9 Å². The quantitative estimate of drug-likeness (QED) is 0.874. The molecule has 1 atom stereocenters. The first-order valence-corrected chi connectivity index (χ1v) is 7.10. The highest BCUT2D eigenvalue weighted by Gasteiger charge is 2.05. The van der Waals surface area contributed by atoms with Gasteiger partial charge in [-0.3, -0.25) is 0 Å². The third kappa shape index (κ3) is 3.75. The van der Waals surface area contributed by atoms with Gasteiger partial charge in [-0.25, -0.2) is 0 Å². The second kappa shape index (κ2) is 6.78. The molecule has 2 rings (SSSR count). The molecule has 0 radical (unpaired) electrons. The fraction of sp³-hybridized carbons (Fsp3) is 0.294. The van der Waals surface area contributed by atoms with E-state index in [4.69, 9.17) is 16.3 Å². The summed E-state index contributed by atoms with van der Waals surface area (Å²) in [6, 6.07) is 14.5. The molecule has 0 aliphatic rings. The van der Waals surface area contributed by atoms with Gasteiger partial charge in [-0.05, 0) is 48.7 Å². The number of benzene rings is 2. The van der Waals surface area contributed by atoms with E-state index in [0.29, 0.717) is 0 Å². The summed E-state index contributed by atoms with van der Waals surface area (Å²) in [7, 11) is 1.70. The number of ether oxygens (including phenoxy) is 1. The molecule has 0 aromatic heterocycles. The van der Waals surface area contributed by atoms with E-state index in [9.17, 15) is 0 Å². The van der Waals surface area contributed by atoms with E-state index in [1.165, 1.54) is 11.1 Å². The summed E-state index contributed by atoms with van der Waals surface area (Å²) >= 11 is 5.90. The third-order valence-corrected chi connectivity index (χ3v) is 3.69. The average molecular weight is 290 g/mol. The van der Waals surface area contributed by atoms with Gasteiger partial charge in [0.25, 0.3) is 0 Å². The van der Waals surface area contributed by atoms with Crippen LogP contribution in [0.2, 0.25) is 5.02 Å². The van der Waals surface area contributed by atoms with Gasteiger partial charge in [0.05, 0.1) is 7.11 Å². The summed E-state index contributed by atoms with van der Waals surface area (Å²) < 4.78 is 5.27. The van der Waals surface area contributed by atoms with Crippen LogP contribution in [0.3, 0.4) is 0 Å². The smallest absolute Gasteiger partial charge is 0.121 e. The second-order valence-corrected chi connectivity index (χ2v) is 5.39. The number of aryl methyl sites for hydroxylation is 1. The van der Waals surface area contributed by atoms with E-state index in [0.717, 1.165) is 22.9 Å². The van der Waals surface area contributed by atoms with Crippen molar-refractivity contribution in [3.05, 3.63) is 64.2 Å². The van der Waals surface area contributed by atoms with Crippen LogP contribution in [-0.2, 0) is 6.54 Å². The molecule has 0 saturated heterocycles. The molecule has 20 heavy (non-hydrogen) atoms. The van der Waals surface area contributed by atoms with Crippen molar-refractivity contribution in [2.75, 3.05) is 7.11 Å². The highest BCUT2D eigenvalue weighted by molar-refractivity contribution is 6.30. The van der Waals surface area contributed by atoms with Crippen LogP contribution in [0.15, 0.2) is 42.5 Å². The van der Waals surface area contributed by atoms with Crippen LogP contribution in [0, 0.1) is 6.92 Å². The second-order valence-electron chi connectivity index (χ2n) is 4.96. The summed E-state index contributed by atoms with van der Waals surface area (Å²) in [6.45, 7) is 5.04. The van der Waals surface area contributed by atoms with E-state index in [1.54, 1.807) is 7.11 Å². The molecule has 0 heterocycles. The lowest BCUT2D eigenvalue weighted by Crippen LogP contribution is -2.18. The Balaban J connectivity index is 1.97. The van der Waals surface area contributed by atoms with Crippen LogP contribution >= 0.6 is 11.6 Å². The van der Waals surface area contributed by atoms with Crippen LogP contribution in [0.25, 0.3) is 0 Å². The normalized spacial score (nSPS) is 12.2. The van der Waals surface area contributed by atoms with Gasteiger partial charge in [0.2, 0.25) is 0 Å². The van der Waals surface area contributed by atoms with Crippen LogP contribution in [0.1, 0.15) is 29.7 Å². The summed E-state index contributed by atoms with van der Waals surface area (Å²) in [5.41, 5.74) is 3.65. The molecule has 2 aromatic carbocycles. The van der Waals surface area contributed by atoms with Gasteiger partial charge in [-0.15, -0.1) is 0 Å². The van der Waals surface area contributed by atoms with Gasteiger partial charge in [0, 0.05) is 17.6 Å². The van der Waals surface area contributed by atoms with Crippen LogP contribution in [0.4, 0.5) is 0 Å². The molecule has 2 nitrogen and oxygen atoms in total. The lowest BCUT2D eigenvalue weighted by Gasteiger charge is -2.15. The minimum atomic E-state index is 0.287. The first kappa shape index (κ1) is 14.9. The summed E-state index contributed by atoms with van der Waals surface area (Å²) in [4.78, 5) is 0. The van der Waals surface area contributed by atoms with Crippen LogP contribution in [-0.4, -0.2) is 7.11 Å². The maximum atomic E-state index is 5.90. The van der Waals surface area contributed by atoms with Crippen molar-refractivity contribution in [3.8, 4) is 5.75 Å². The van der Waals surface area contributed by atoms with Crippen molar-refractivity contribution < 1.29 is 4.74 Å². The molecule has 106 valence electrons. The van der Waals surface area contributed by atoms with Gasteiger partial charge in [-0.2, -0.15) is 0 Å². The Morgan fingerprint density at radius 1 is 1.15 bits per heavy atom. The number of halogens is 1. The molecular weight excluding hydrogens is 270 g/mol. The molecule has 0 spiro atoms. The maximum Gasteiger partial charge on any atom is 0.121 e. The predicted molar refractivity (Wildman–Crippen MR) is 84.4 cm³/mol. The Bertz CT molecular complexity index is 566. The van der Waals surface area contributed by atoms with Crippen molar-refractivity contribution in [1.29, 1.82) is 0 Å². The zero-order valence-corrected chi connectivity index (χ0v) is 12.9. The molecule has 1 N–H and O–H groups in total. The number of nitrogens with one attached hydrogen (secondary N) is 1. The van der Waals surface area contributed by atoms with E-state index in [1.807, 2.05) is 18.2 Å². The van der Waals surface area contributed by atoms with Gasteiger partial charge < -0.3 is 10.1 Å². The highest BCUT2D eigenvalue weighted by atomic mass is 35.5. The molecule has 3 heteroatoms. The molecule has 0 fully saturated rings. The number of methoxy groups -OCH3 is 1. The van der Waals surface area contributed by atoms with Gasteiger partial charge in [0.1, 0.15) is 5.75 Å². The molecule has 0 aliphatic carbocycles. The molecule has 0 saturated carbocycles. The summed E-state index contributed by atoms with van der Waals surface area (Å²) in [6.07, 6.45) is 0. The minimum Gasteiger partial charge on any atom is -0.496 e. The summed E-state index contributed by atoms with van der Waals surface area (Å²) in [5, 5.41) is 4.29. The molecule has 2 aromatic rings. The fourth-order valence-electron chi connectivity index (χ4n) is 2.19. The molecule has 1 unspecified atom stereocenters.